The van der Waals surface area contributed by atoms with Gasteiger partial charge in [-0.25, -0.2) is 0 Å². The van der Waals surface area contributed by atoms with Crippen molar-refractivity contribution in [3.8, 4) is 0 Å². The Balaban J connectivity index is 1.62. The lowest BCUT2D eigenvalue weighted by Gasteiger charge is -2.35. The largest absolute Gasteiger partial charge is 0.368 e. The zero-order valence-electron chi connectivity index (χ0n) is 10.5. The van der Waals surface area contributed by atoms with E-state index in [1.165, 1.54) is 17.0 Å². The standard InChI is InChI=1S/C14H15N3OS/c18-14(13-2-1-11-19-13)17-9-7-16(8-10-17)12-3-5-15-6-4-12/h1-6,11H,7-10H2. The fraction of sp³-hybridized carbons (Fsp3) is 0.286. The molecule has 98 valence electrons. The smallest absolute Gasteiger partial charge is 0.264 e. The van der Waals surface area contributed by atoms with Crippen molar-refractivity contribution in [2.24, 2.45) is 0 Å². The summed E-state index contributed by atoms with van der Waals surface area (Å²) in [6.07, 6.45) is 3.61. The minimum atomic E-state index is 0.157. The van der Waals surface area contributed by atoms with Crippen molar-refractivity contribution >= 4 is 22.9 Å². The van der Waals surface area contributed by atoms with Gasteiger partial charge in [0.1, 0.15) is 0 Å². The van der Waals surface area contributed by atoms with Gasteiger partial charge in [-0.15, -0.1) is 11.3 Å². The second kappa shape index (κ2) is 5.40. The van der Waals surface area contributed by atoms with E-state index in [9.17, 15) is 4.79 Å². The monoisotopic (exact) mass is 273 g/mol. The number of anilines is 1. The zero-order valence-corrected chi connectivity index (χ0v) is 11.3. The van der Waals surface area contributed by atoms with E-state index in [2.05, 4.69) is 9.88 Å². The summed E-state index contributed by atoms with van der Waals surface area (Å²) in [4.78, 5) is 21.3. The predicted octanol–water partition coefficient (Wildman–Crippen LogP) is 2.11. The third kappa shape index (κ3) is 2.61. The van der Waals surface area contributed by atoms with Crippen LogP contribution in [0.15, 0.2) is 42.0 Å². The number of thiophene rings is 1. The lowest BCUT2D eigenvalue weighted by Crippen LogP contribution is -2.48. The Hall–Kier alpha value is -1.88. The Kier molecular flexibility index (Phi) is 3.46. The molecule has 0 N–H and O–H groups in total. The van der Waals surface area contributed by atoms with Crippen molar-refractivity contribution in [3.63, 3.8) is 0 Å². The molecule has 1 fully saturated rings. The molecule has 3 rings (SSSR count). The summed E-state index contributed by atoms with van der Waals surface area (Å²) in [6.45, 7) is 3.31. The number of hydrogen-bond acceptors (Lipinski definition) is 4. The van der Waals surface area contributed by atoms with Crippen LogP contribution < -0.4 is 4.90 Å². The average Bonchev–Trinajstić information content (AvgIpc) is 3.02. The summed E-state index contributed by atoms with van der Waals surface area (Å²) >= 11 is 1.51. The molecule has 5 heteroatoms. The maximum Gasteiger partial charge on any atom is 0.264 e. The van der Waals surface area contributed by atoms with Crippen molar-refractivity contribution in [1.82, 2.24) is 9.88 Å². The van der Waals surface area contributed by atoms with Crippen molar-refractivity contribution in [2.45, 2.75) is 0 Å². The molecule has 0 saturated carbocycles. The highest BCUT2D eigenvalue weighted by molar-refractivity contribution is 7.12. The van der Waals surface area contributed by atoms with Gasteiger partial charge in [0, 0.05) is 44.3 Å². The molecule has 0 bridgehead atoms. The fourth-order valence-corrected chi connectivity index (χ4v) is 2.97. The molecule has 1 saturated heterocycles. The van der Waals surface area contributed by atoms with E-state index in [0.717, 1.165) is 31.1 Å². The highest BCUT2D eigenvalue weighted by Crippen LogP contribution is 2.17. The van der Waals surface area contributed by atoms with Crippen LogP contribution in [0.5, 0.6) is 0 Å². The van der Waals surface area contributed by atoms with E-state index < -0.39 is 0 Å². The molecule has 1 amide bonds. The van der Waals surface area contributed by atoms with E-state index in [1.54, 1.807) is 12.4 Å². The van der Waals surface area contributed by atoms with Crippen molar-refractivity contribution in [3.05, 3.63) is 46.9 Å². The first-order valence-electron chi connectivity index (χ1n) is 6.32. The van der Waals surface area contributed by atoms with Gasteiger partial charge in [-0.05, 0) is 23.6 Å². The van der Waals surface area contributed by atoms with Gasteiger partial charge in [0.05, 0.1) is 4.88 Å². The molecule has 19 heavy (non-hydrogen) atoms. The zero-order chi connectivity index (χ0) is 13.1. The molecular weight excluding hydrogens is 258 g/mol. The molecule has 1 aliphatic heterocycles. The molecule has 2 aromatic heterocycles. The maximum atomic E-state index is 12.2. The number of piperazine rings is 1. The third-order valence-electron chi connectivity index (χ3n) is 3.33. The minimum Gasteiger partial charge on any atom is -0.368 e. The van der Waals surface area contributed by atoms with Crippen molar-refractivity contribution in [2.75, 3.05) is 31.1 Å². The van der Waals surface area contributed by atoms with Crippen LogP contribution in [0, 0.1) is 0 Å². The average molecular weight is 273 g/mol. The highest BCUT2D eigenvalue weighted by atomic mass is 32.1. The molecule has 0 spiro atoms. The highest BCUT2D eigenvalue weighted by Gasteiger charge is 2.22. The Morgan fingerprint density at radius 1 is 1.11 bits per heavy atom. The topological polar surface area (TPSA) is 36.4 Å². The van der Waals surface area contributed by atoms with Gasteiger partial charge in [-0.3, -0.25) is 9.78 Å². The van der Waals surface area contributed by atoms with E-state index in [-0.39, 0.29) is 5.91 Å². The Bertz CT molecular complexity index is 533. The summed E-state index contributed by atoms with van der Waals surface area (Å²) in [6, 6.07) is 7.83. The minimum absolute atomic E-state index is 0.157. The molecular formula is C14H15N3OS. The van der Waals surface area contributed by atoms with Crippen LogP contribution in [0.4, 0.5) is 5.69 Å². The van der Waals surface area contributed by atoms with Gasteiger partial charge >= 0.3 is 0 Å². The molecule has 0 unspecified atom stereocenters. The molecule has 3 heterocycles. The van der Waals surface area contributed by atoms with Crippen LogP contribution in [-0.4, -0.2) is 42.0 Å². The summed E-state index contributed by atoms with van der Waals surface area (Å²) < 4.78 is 0. The Morgan fingerprint density at radius 3 is 2.47 bits per heavy atom. The summed E-state index contributed by atoms with van der Waals surface area (Å²) in [7, 11) is 0. The van der Waals surface area contributed by atoms with E-state index in [1.807, 2.05) is 34.5 Å². The number of nitrogens with zero attached hydrogens (tertiary/aromatic N) is 3. The number of rotatable bonds is 2. The van der Waals surface area contributed by atoms with Gasteiger partial charge in [-0.1, -0.05) is 6.07 Å². The Morgan fingerprint density at radius 2 is 1.84 bits per heavy atom. The van der Waals surface area contributed by atoms with Crippen molar-refractivity contribution < 1.29 is 4.79 Å². The summed E-state index contributed by atoms with van der Waals surface area (Å²) in [5.74, 6) is 0.157. The number of hydrogen-bond donors (Lipinski definition) is 0. The first-order chi connectivity index (χ1) is 9.34. The number of aromatic nitrogens is 1. The molecule has 1 aliphatic rings. The van der Waals surface area contributed by atoms with Crippen LogP contribution >= 0.6 is 11.3 Å². The lowest BCUT2D eigenvalue weighted by atomic mass is 10.2. The number of amides is 1. The van der Waals surface area contributed by atoms with Crippen LogP contribution in [0.3, 0.4) is 0 Å². The molecule has 0 atom stereocenters. The second-order valence-electron chi connectivity index (χ2n) is 4.46. The number of carbonyl (C=O) groups is 1. The van der Waals surface area contributed by atoms with Gasteiger partial charge < -0.3 is 9.80 Å². The van der Waals surface area contributed by atoms with Gasteiger partial charge in [0.25, 0.3) is 5.91 Å². The lowest BCUT2D eigenvalue weighted by molar-refractivity contribution is 0.0751. The molecule has 4 nitrogen and oxygen atoms in total. The van der Waals surface area contributed by atoms with Gasteiger partial charge in [0.2, 0.25) is 0 Å². The quantitative estimate of drug-likeness (QED) is 0.841. The first kappa shape index (κ1) is 12.2. The van der Waals surface area contributed by atoms with Gasteiger partial charge in [-0.2, -0.15) is 0 Å². The fourth-order valence-electron chi connectivity index (χ4n) is 2.28. The Labute approximate surface area is 116 Å². The first-order valence-corrected chi connectivity index (χ1v) is 7.20. The summed E-state index contributed by atoms with van der Waals surface area (Å²) in [5.41, 5.74) is 1.18. The van der Waals surface area contributed by atoms with E-state index in [4.69, 9.17) is 0 Å². The van der Waals surface area contributed by atoms with Gasteiger partial charge in [0.15, 0.2) is 0 Å². The number of pyridine rings is 1. The SMILES string of the molecule is O=C(c1cccs1)N1CCN(c2ccncc2)CC1. The molecule has 2 aromatic rings. The normalized spacial score (nSPS) is 15.6. The molecule has 0 radical (unpaired) electrons. The number of carbonyl (C=O) groups excluding carboxylic acids is 1. The van der Waals surface area contributed by atoms with Crippen LogP contribution in [0.25, 0.3) is 0 Å². The van der Waals surface area contributed by atoms with Crippen LogP contribution in [0.1, 0.15) is 9.67 Å². The van der Waals surface area contributed by atoms with Crippen molar-refractivity contribution in [1.29, 1.82) is 0 Å². The second-order valence-corrected chi connectivity index (χ2v) is 5.41. The third-order valence-corrected chi connectivity index (χ3v) is 4.18. The van der Waals surface area contributed by atoms with Crippen LogP contribution in [-0.2, 0) is 0 Å². The predicted molar refractivity (Wildman–Crippen MR) is 76.7 cm³/mol. The maximum absolute atomic E-state index is 12.2. The summed E-state index contributed by atoms with van der Waals surface area (Å²) in [5, 5.41) is 1.94. The van der Waals surface area contributed by atoms with Crippen LogP contribution in [0.2, 0.25) is 0 Å². The van der Waals surface area contributed by atoms with E-state index >= 15 is 0 Å². The molecule has 0 aliphatic carbocycles. The molecule has 0 aromatic carbocycles. The van der Waals surface area contributed by atoms with E-state index in [0.29, 0.717) is 0 Å².